The second-order valence-electron chi connectivity index (χ2n) is 20.6. The number of unbranched alkanes of at least 4 members (excludes halogenated alkanes) is 39. The number of hydrogen-bond acceptors (Lipinski definition) is 6. The zero-order valence-electron chi connectivity index (χ0n) is 46.3. The van der Waals surface area contributed by atoms with Gasteiger partial charge in [-0.15, -0.1) is 0 Å². The van der Waals surface area contributed by atoms with Gasteiger partial charge >= 0.3 is 17.9 Å². The summed E-state index contributed by atoms with van der Waals surface area (Å²) < 4.78 is 16.8. The average molecular weight is 970 g/mol. The van der Waals surface area contributed by atoms with Crippen molar-refractivity contribution in [1.29, 1.82) is 0 Å². The highest BCUT2D eigenvalue weighted by Gasteiger charge is 2.19. The van der Waals surface area contributed by atoms with Gasteiger partial charge in [-0.25, -0.2) is 0 Å². The third kappa shape index (κ3) is 56.4. The van der Waals surface area contributed by atoms with Crippen LogP contribution in [0.1, 0.15) is 329 Å². The van der Waals surface area contributed by atoms with E-state index in [-0.39, 0.29) is 31.1 Å². The van der Waals surface area contributed by atoms with Gasteiger partial charge in [-0.1, -0.05) is 288 Å². The Hall–Kier alpha value is -2.37. The fourth-order valence-electron chi connectivity index (χ4n) is 9.04. The molecule has 1 unspecified atom stereocenters. The standard InChI is InChI=1S/C63H116O6/c1-4-7-10-13-16-18-20-22-24-26-28-30-31-33-34-36-38-40-42-44-47-50-53-56-62(65)68-59-60(58-67-61(64)55-52-49-46-15-12-9-6-3)69-63(66)57-54-51-48-45-43-41-39-37-35-32-29-27-25-23-21-19-17-14-11-8-5-2/h20,22,26,28,31,33,60H,4-19,21,23-25,27,29-30,32,34-59H2,1-3H3/b22-20-,28-26-,33-31-. The zero-order chi connectivity index (χ0) is 50.0. The molecule has 0 amide bonds. The maximum absolute atomic E-state index is 12.8. The van der Waals surface area contributed by atoms with Crippen LogP contribution in [0.25, 0.3) is 0 Å². The van der Waals surface area contributed by atoms with Crippen LogP contribution in [0.3, 0.4) is 0 Å². The van der Waals surface area contributed by atoms with E-state index in [1.807, 2.05) is 0 Å². The molecule has 0 saturated heterocycles. The fourth-order valence-corrected chi connectivity index (χ4v) is 9.04. The van der Waals surface area contributed by atoms with Gasteiger partial charge in [0.1, 0.15) is 13.2 Å². The van der Waals surface area contributed by atoms with Crippen LogP contribution in [-0.2, 0) is 28.6 Å². The second-order valence-corrected chi connectivity index (χ2v) is 20.6. The lowest BCUT2D eigenvalue weighted by molar-refractivity contribution is -0.167. The molecule has 0 aliphatic rings. The molecule has 0 radical (unpaired) electrons. The van der Waals surface area contributed by atoms with Crippen molar-refractivity contribution in [1.82, 2.24) is 0 Å². The fraction of sp³-hybridized carbons (Fsp3) is 0.857. The molecule has 0 aliphatic carbocycles. The van der Waals surface area contributed by atoms with Crippen LogP contribution in [-0.4, -0.2) is 37.2 Å². The molecule has 0 N–H and O–H groups in total. The van der Waals surface area contributed by atoms with Crippen molar-refractivity contribution < 1.29 is 28.6 Å². The molecule has 0 spiro atoms. The summed E-state index contributed by atoms with van der Waals surface area (Å²) >= 11 is 0. The van der Waals surface area contributed by atoms with Gasteiger partial charge in [0, 0.05) is 19.3 Å². The quantitative estimate of drug-likeness (QED) is 0.0261. The van der Waals surface area contributed by atoms with Gasteiger partial charge < -0.3 is 14.2 Å². The van der Waals surface area contributed by atoms with Gasteiger partial charge in [0.15, 0.2) is 6.10 Å². The molecule has 0 aromatic carbocycles. The number of hydrogen-bond donors (Lipinski definition) is 0. The first kappa shape index (κ1) is 66.6. The maximum atomic E-state index is 12.8. The molecule has 6 heteroatoms. The first-order valence-electron chi connectivity index (χ1n) is 30.5. The zero-order valence-corrected chi connectivity index (χ0v) is 46.3. The predicted octanol–water partition coefficient (Wildman–Crippen LogP) is 20.4. The Labute approximate surface area is 429 Å². The second kappa shape index (κ2) is 58.2. The van der Waals surface area contributed by atoms with Crippen molar-refractivity contribution in [3.8, 4) is 0 Å². The van der Waals surface area contributed by atoms with Gasteiger partial charge in [0.2, 0.25) is 0 Å². The van der Waals surface area contributed by atoms with Crippen molar-refractivity contribution in [2.75, 3.05) is 13.2 Å². The molecular formula is C63H116O6. The van der Waals surface area contributed by atoms with E-state index in [1.54, 1.807) is 0 Å². The summed E-state index contributed by atoms with van der Waals surface area (Å²) in [6.07, 6.45) is 70.2. The molecule has 0 fully saturated rings. The van der Waals surface area contributed by atoms with Crippen LogP contribution in [0.5, 0.6) is 0 Å². The van der Waals surface area contributed by atoms with E-state index in [9.17, 15) is 14.4 Å². The molecule has 404 valence electrons. The largest absolute Gasteiger partial charge is 0.462 e. The van der Waals surface area contributed by atoms with E-state index >= 15 is 0 Å². The first-order chi connectivity index (χ1) is 34.0. The Bertz CT molecular complexity index is 1160. The maximum Gasteiger partial charge on any atom is 0.306 e. The normalized spacial score (nSPS) is 12.2. The molecule has 6 nitrogen and oxygen atoms in total. The third-order valence-electron chi connectivity index (χ3n) is 13.6. The van der Waals surface area contributed by atoms with Gasteiger partial charge in [-0.3, -0.25) is 14.4 Å². The van der Waals surface area contributed by atoms with E-state index in [2.05, 4.69) is 57.2 Å². The topological polar surface area (TPSA) is 78.9 Å². The number of carbonyl (C=O) groups excluding carboxylic acids is 3. The summed E-state index contributed by atoms with van der Waals surface area (Å²) in [4.78, 5) is 38.0. The lowest BCUT2D eigenvalue weighted by Gasteiger charge is -2.18. The molecule has 0 bridgehead atoms. The highest BCUT2D eigenvalue weighted by Crippen LogP contribution is 2.17. The highest BCUT2D eigenvalue weighted by atomic mass is 16.6. The van der Waals surface area contributed by atoms with E-state index in [0.29, 0.717) is 19.3 Å². The monoisotopic (exact) mass is 969 g/mol. The Morgan fingerprint density at radius 2 is 0.522 bits per heavy atom. The Morgan fingerprint density at radius 1 is 0.290 bits per heavy atom. The van der Waals surface area contributed by atoms with E-state index in [4.69, 9.17) is 14.2 Å². The van der Waals surface area contributed by atoms with Gasteiger partial charge in [0.25, 0.3) is 0 Å². The van der Waals surface area contributed by atoms with Gasteiger partial charge in [-0.05, 0) is 57.8 Å². The molecule has 0 aromatic heterocycles. The molecular weight excluding hydrogens is 853 g/mol. The molecule has 0 rings (SSSR count). The van der Waals surface area contributed by atoms with Gasteiger partial charge in [-0.2, -0.15) is 0 Å². The smallest absolute Gasteiger partial charge is 0.306 e. The molecule has 0 heterocycles. The minimum atomic E-state index is -0.770. The van der Waals surface area contributed by atoms with Crippen molar-refractivity contribution in [2.24, 2.45) is 0 Å². The van der Waals surface area contributed by atoms with Crippen molar-refractivity contribution >= 4 is 17.9 Å². The van der Waals surface area contributed by atoms with E-state index in [0.717, 1.165) is 77.0 Å². The lowest BCUT2D eigenvalue weighted by Crippen LogP contribution is -2.30. The molecule has 1 atom stereocenters. The minimum Gasteiger partial charge on any atom is -0.462 e. The SMILES string of the molecule is CCCCCCC/C=C\C/C=C\C/C=C\CCCCCCCCCCC(=O)OCC(COC(=O)CCCCCCCCC)OC(=O)CCCCCCCCCCCCCCCCCCCCCCC. The van der Waals surface area contributed by atoms with E-state index < -0.39 is 6.10 Å². The number of allylic oxidation sites excluding steroid dienone is 6. The first-order valence-corrected chi connectivity index (χ1v) is 30.5. The summed E-state index contributed by atoms with van der Waals surface area (Å²) in [6, 6.07) is 0. The lowest BCUT2D eigenvalue weighted by atomic mass is 10.0. The molecule has 0 saturated carbocycles. The Balaban J connectivity index is 4.15. The number of esters is 3. The van der Waals surface area contributed by atoms with E-state index in [1.165, 1.54) is 212 Å². The number of ether oxygens (including phenoxy) is 3. The summed E-state index contributed by atoms with van der Waals surface area (Å²) in [5.41, 5.74) is 0. The number of rotatable bonds is 56. The summed E-state index contributed by atoms with van der Waals surface area (Å²) in [5, 5.41) is 0. The summed E-state index contributed by atoms with van der Waals surface area (Å²) in [5.74, 6) is -0.865. The summed E-state index contributed by atoms with van der Waals surface area (Å²) in [7, 11) is 0. The van der Waals surface area contributed by atoms with Crippen LogP contribution in [0.4, 0.5) is 0 Å². The number of carbonyl (C=O) groups is 3. The molecule has 69 heavy (non-hydrogen) atoms. The molecule has 0 aromatic rings. The van der Waals surface area contributed by atoms with Crippen LogP contribution in [0.2, 0.25) is 0 Å². The summed E-state index contributed by atoms with van der Waals surface area (Å²) in [6.45, 7) is 6.63. The molecule has 0 aliphatic heterocycles. The Kier molecular flexibility index (Phi) is 56.2. The van der Waals surface area contributed by atoms with Crippen LogP contribution in [0, 0.1) is 0 Å². The van der Waals surface area contributed by atoms with Crippen LogP contribution in [0.15, 0.2) is 36.5 Å². The predicted molar refractivity (Wildman–Crippen MR) is 298 cm³/mol. The van der Waals surface area contributed by atoms with Crippen molar-refractivity contribution in [3.63, 3.8) is 0 Å². The highest BCUT2D eigenvalue weighted by molar-refractivity contribution is 5.71. The van der Waals surface area contributed by atoms with Crippen molar-refractivity contribution in [2.45, 2.75) is 335 Å². The van der Waals surface area contributed by atoms with Crippen molar-refractivity contribution in [3.05, 3.63) is 36.5 Å². The van der Waals surface area contributed by atoms with Gasteiger partial charge in [0.05, 0.1) is 0 Å². The van der Waals surface area contributed by atoms with Crippen LogP contribution >= 0.6 is 0 Å². The third-order valence-corrected chi connectivity index (χ3v) is 13.6. The van der Waals surface area contributed by atoms with Crippen LogP contribution < -0.4 is 0 Å². The average Bonchev–Trinajstić information content (AvgIpc) is 3.35. The minimum absolute atomic E-state index is 0.0707. The Morgan fingerprint density at radius 3 is 0.812 bits per heavy atom.